The van der Waals surface area contributed by atoms with Crippen molar-refractivity contribution in [1.29, 1.82) is 0 Å². The van der Waals surface area contributed by atoms with Crippen molar-refractivity contribution in [2.45, 2.75) is 46.3 Å². The first-order chi connectivity index (χ1) is 12.4. The molecule has 2 unspecified atom stereocenters. The van der Waals surface area contributed by atoms with Crippen molar-refractivity contribution in [3.63, 3.8) is 0 Å². The topological polar surface area (TPSA) is 48.9 Å². The summed E-state index contributed by atoms with van der Waals surface area (Å²) in [6.07, 6.45) is 2.71. The van der Waals surface area contributed by atoms with E-state index in [2.05, 4.69) is 58.8 Å². The van der Waals surface area contributed by atoms with Crippen molar-refractivity contribution >= 4 is 41.3 Å². The summed E-state index contributed by atoms with van der Waals surface area (Å²) < 4.78 is 5.62. The molecule has 0 spiro atoms. The molecule has 1 aromatic rings. The van der Waals surface area contributed by atoms with Crippen molar-refractivity contribution < 1.29 is 4.74 Å². The van der Waals surface area contributed by atoms with Gasteiger partial charge in [0.2, 0.25) is 0 Å². The number of nitrogens with one attached hydrogen (secondary N) is 2. The Morgan fingerprint density at radius 1 is 1.41 bits per heavy atom. The van der Waals surface area contributed by atoms with E-state index >= 15 is 0 Å². The molecule has 0 bridgehead atoms. The summed E-state index contributed by atoms with van der Waals surface area (Å²) in [6, 6.07) is 4.38. The molecule has 1 aliphatic rings. The quantitative estimate of drug-likeness (QED) is 0.334. The predicted octanol–water partition coefficient (Wildman–Crippen LogP) is 3.80. The number of rotatable bonds is 7. The van der Waals surface area contributed by atoms with Gasteiger partial charge in [-0.05, 0) is 42.2 Å². The summed E-state index contributed by atoms with van der Waals surface area (Å²) in [5.41, 5.74) is 0.103. The average Bonchev–Trinajstić information content (AvgIpc) is 3.10. The lowest BCUT2D eigenvalue weighted by molar-refractivity contribution is 0.0205. The molecule has 0 radical (unpaired) electrons. The monoisotopic (exact) mass is 508 g/mol. The smallest absolute Gasteiger partial charge is 0.191 e. The highest BCUT2D eigenvalue weighted by atomic mass is 127. The van der Waals surface area contributed by atoms with Gasteiger partial charge in [0, 0.05) is 45.2 Å². The Morgan fingerprint density at radius 3 is 2.78 bits per heavy atom. The van der Waals surface area contributed by atoms with E-state index in [1.807, 2.05) is 18.4 Å². The van der Waals surface area contributed by atoms with Gasteiger partial charge < -0.3 is 15.4 Å². The highest BCUT2D eigenvalue weighted by Gasteiger charge is 2.25. The molecule has 1 saturated heterocycles. The number of hydrogen-bond acceptors (Lipinski definition) is 4. The van der Waals surface area contributed by atoms with Gasteiger partial charge in [-0.15, -0.1) is 35.3 Å². The Kier molecular flexibility index (Phi) is 11.2. The second-order valence-electron chi connectivity index (χ2n) is 8.25. The van der Waals surface area contributed by atoms with E-state index in [1.165, 1.54) is 24.3 Å². The third-order valence-electron chi connectivity index (χ3n) is 5.05. The van der Waals surface area contributed by atoms with Crippen LogP contribution in [0.5, 0.6) is 0 Å². The van der Waals surface area contributed by atoms with Crippen LogP contribution in [0.15, 0.2) is 22.5 Å². The van der Waals surface area contributed by atoms with Gasteiger partial charge in [-0.2, -0.15) is 0 Å². The second kappa shape index (κ2) is 12.2. The van der Waals surface area contributed by atoms with Crippen molar-refractivity contribution in [3.05, 3.63) is 22.4 Å². The van der Waals surface area contributed by atoms with Crippen LogP contribution >= 0.6 is 35.3 Å². The first-order valence-corrected chi connectivity index (χ1v) is 10.5. The van der Waals surface area contributed by atoms with E-state index in [-0.39, 0.29) is 35.5 Å². The summed E-state index contributed by atoms with van der Waals surface area (Å²) in [4.78, 5) is 8.41. The van der Waals surface area contributed by atoms with Crippen LogP contribution in [-0.2, 0) is 11.3 Å². The molecule has 2 N–H and O–H groups in total. The SMILES string of the molecule is CN=C(NCC1CCCN(Cc2cccs2)C1)NCC(OC)C(C)(C)C.I. The fourth-order valence-electron chi connectivity index (χ4n) is 3.48. The third-order valence-corrected chi connectivity index (χ3v) is 5.91. The zero-order valence-electron chi connectivity index (χ0n) is 17.5. The Balaban J connectivity index is 0.00000364. The lowest BCUT2D eigenvalue weighted by atomic mass is 9.89. The van der Waals surface area contributed by atoms with E-state index in [4.69, 9.17) is 4.74 Å². The number of piperidine rings is 1. The number of halogens is 1. The maximum atomic E-state index is 5.62. The van der Waals surface area contributed by atoms with Crippen molar-refractivity contribution in [1.82, 2.24) is 15.5 Å². The summed E-state index contributed by atoms with van der Waals surface area (Å²) in [5, 5.41) is 9.09. The molecule has 2 rings (SSSR count). The Morgan fingerprint density at radius 2 is 2.19 bits per heavy atom. The number of methoxy groups -OCH3 is 1. The fourth-order valence-corrected chi connectivity index (χ4v) is 4.22. The van der Waals surface area contributed by atoms with Crippen LogP contribution in [0, 0.1) is 11.3 Å². The maximum absolute atomic E-state index is 5.62. The van der Waals surface area contributed by atoms with Crippen LogP contribution in [-0.4, -0.2) is 57.3 Å². The molecular formula is C20H37IN4OS. The molecule has 1 fully saturated rings. The number of thiophene rings is 1. The van der Waals surface area contributed by atoms with Crippen LogP contribution in [0.2, 0.25) is 0 Å². The number of guanidine groups is 1. The minimum absolute atomic E-state index is 0. The number of ether oxygens (including phenoxy) is 1. The molecule has 27 heavy (non-hydrogen) atoms. The molecule has 0 saturated carbocycles. The van der Waals surface area contributed by atoms with Crippen LogP contribution in [0.3, 0.4) is 0 Å². The first kappa shape index (κ1) is 24.7. The van der Waals surface area contributed by atoms with Gasteiger partial charge in [-0.3, -0.25) is 9.89 Å². The molecule has 2 heterocycles. The van der Waals surface area contributed by atoms with E-state index in [9.17, 15) is 0 Å². The Hall–Kier alpha value is -0.380. The zero-order chi connectivity index (χ0) is 19.0. The Labute approximate surface area is 186 Å². The van der Waals surface area contributed by atoms with Gasteiger partial charge in [-0.25, -0.2) is 0 Å². The molecule has 2 atom stereocenters. The van der Waals surface area contributed by atoms with Gasteiger partial charge in [0.1, 0.15) is 0 Å². The second-order valence-corrected chi connectivity index (χ2v) is 9.28. The van der Waals surface area contributed by atoms with Crippen molar-refractivity contribution in [3.8, 4) is 0 Å². The number of likely N-dealkylation sites (tertiary alicyclic amines) is 1. The van der Waals surface area contributed by atoms with E-state index < -0.39 is 0 Å². The van der Waals surface area contributed by atoms with Gasteiger partial charge in [0.05, 0.1) is 6.10 Å². The molecule has 0 amide bonds. The van der Waals surface area contributed by atoms with Crippen LogP contribution in [0.25, 0.3) is 0 Å². The van der Waals surface area contributed by atoms with E-state index in [1.54, 1.807) is 7.11 Å². The third kappa shape index (κ3) is 8.66. The van der Waals surface area contributed by atoms with Crippen LogP contribution < -0.4 is 10.6 Å². The summed E-state index contributed by atoms with van der Waals surface area (Å²) >= 11 is 1.85. The highest BCUT2D eigenvalue weighted by Crippen LogP contribution is 2.21. The Bertz CT molecular complexity index is 545. The minimum Gasteiger partial charge on any atom is -0.379 e. The van der Waals surface area contributed by atoms with E-state index in [0.29, 0.717) is 5.92 Å². The van der Waals surface area contributed by atoms with Crippen molar-refractivity contribution in [2.24, 2.45) is 16.3 Å². The predicted molar refractivity (Wildman–Crippen MR) is 127 cm³/mol. The summed E-state index contributed by atoms with van der Waals surface area (Å²) in [6.45, 7) is 11.8. The lowest BCUT2D eigenvalue weighted by Gasteiger charge is -2.33. The van der Waals surface area contributed by atoms with Crippen LogP contribution in [0.4, 0.5) is 0 Å². The van der Waals surface area contributed by atoms with Gasteiger partial charge in [0.15, 0.2) is 5.96 Å². The van der Waals surface area contributed by atoms with Crippen LogP contribution in [0.1, 0.15) is 38.5 Å². The normalized spacial score (nSPS) is 20.0. The van der Waals surface area contributed by atoms with Gasteiger partial charge in [0.25, 0.3) is 0 Å². The molecular weight excluding hydrogens is 471 g/mol. The van der Waals surface area contributed by atoms with Crippen molar-refractivity contribution in [2.75, 3.05) is 40.3 Å². The summed E-state index contributed by atoms with van der Waals surface area (Å²) in [5.74, 6) is 1.54. The molecule has 7 heteroatoms. The molecule has 0 aliphatic carbocycles. The largest absolute Gasteiger partial charge is 0.379 e. The number of aliphatic imine (C=N–C) groups is 1. The molecule has 5 nitrogen and oxygen atoms in total. The highest BCUT2D eigenvalue weighted by molar-refractivity contribution is 14.0. The van der Waals surface area contributed by atoms with Gasteiger partial charge >= 0.3 is 0 Å². The molecule has 156 valence electrons. The maximum Gasteiger partial charge on any atom is 0.191 e. The molecule has 1 aliphatic heterocycles. The first-order valence-electron chi connectivity index (χ1n) is 9.64. The zero-order valence-corrected chi connectivity index (χ0v) is 20.6. The number of nitrogens with zero attached hydrogens (tertiary/aromatic N) is 2. The molecule has 0 aromatic carbocycles. The average molecular weight is 509 g/mol. The fraction of sp³-hybridized carbons (Fsp3) is 0.750. The molecule has 1 aromatic heterocycles. The standard InChI is InChI=1S/C20H36N4OS.HI/c1-20(2,3)18(25-5)13-23-19(21-4)22-12-16-8-6-10-24(14-16)15-17-9-7-11-26-17;/h7,9,11,16,18H,6,8,10,12-15H2,1-5H3,(H2,21,22,23);1H. The summed E-state index contributed by atoms with van der Waals surface area (Å²) in [7, 11) is 3.61. The number of hydrogen-bond donors (Lipinski definition) is 2. The lowest BCUT2D eigenvalue weighted by Crippen LogP contribution is -2.47. The van der Waals surface area contributed by atoms with E-state index in [0.717, 1.165) is 32.1 Å². The van der Waals surface area contributed by atoms with Gasteiger partial charge in [-0.1, -0.05) is 26.8 Å². The minimum atomic E-state index is 0.